The number of nitrogens with zero attached hydrogens (tertiary/aromatic N) is 2. The van der Waals surface area contributed by atoms with Gasteiger partial charge in [-0.25, -0.2) is 10.4 Å². The summed E-state index contributed by atoms with van der Waals surface area (Å²) in [6, 6.07) is 10.7. The van der Waals surface area contributed by atoms with Crippen LogP contribution in [0.1, 0.15) is 21.7 Å². The minimum absolute atomic E-state index is 0.228. The molecule has 3 rings (SSSR count). The zero-order valence-electron chi connectivity index (χ0n) is 11.4. The quantitative estimate of drug-likeness (QED) is 0.689. The molecule has 1 aromatic heterocycles. The number of rotatable bonds is 3. The summed E-state index contributed by atoms with van der Waals surface area (Å²) in [6.45, 7) is 2.05. The van der Waals surface area contributed by atoms with Gasteiger partial charge in [0.15, 0.2) is 11.5 Å². The van der Waals surface area contributed by atoms with Crippen LogP contribution in [0.25, 0.3) is 0 Å². The maximum absolute atomic E-state index is 11.8. The van der Waals surface area contributed by atoms with Crippen LogP contribution in [0.4, 0.5) is 0 Å². The number of aryl methyl sites for hydroxylation is 1. The molecule has 0 aliphatic carbocycles. The molecule has 0 saturated heterocycles. The predicted octanol–water partition coefficient (Wildman–Crippen LogP) is 1.88. The van der Waals surface area contributed by atoms with Gasteiger partial charge in [0, 0.05) is 5.69 Å². The lowest BCUT2D eigenvalue weighted by atomic mass is 10.2. The Morgan fingerprint density at radius 3 is 3.00 bits per heavy atom. The number of nitrogens with one attached hydrogen (secondary N) is 1. The molecule has 1 aliphatic rings. The number of amides is 1. The average Bonchev–Trinajstić information content (AvgIpc) is 2.94. The molecule has 1 aromatic carbocycles. The van der Waals surface area contributed by atoms with Gasteiger partial charge in [0.05, 0.1) is 6.21 Å². The first-order chi connectivity index (χ1) is 10.2. The maximum Gasteiger partial charge on any atom is 0.289 e. The zero-order chi connectivity index (χ0) is 14.7. The second-order valence-electron chi connectivity index (χ2n) is 4.48. The molecule has 21 heavy (non-hydrogen) atoms. The van der Waals surface area contributed by atoms with Gasteiger partial charge in [-0.2, -0.15) is 5.10 Å². The van der Waals surface area contributed by atoms with E-state index in [1.54, 1.807) is 24.3 Å². The van der Waals surface area contributed by atoms with Crippen molar-refractivity contribution in [3.05, 3.63) is 53.3 Å². The van der Waals surface area contributed by atoms with E-state index in [9.17, 15) is 4.79 Å². The van der Waals surface area contributed by atoms with E-state index < -0.39 is 0 Å². The third-order valence-corrected chi connectivity index (χ3v) is 2.90. The Bertz CT molecular complexity index is 713. The minimum atomic E-state index is -0.351. The van der Waals surface area contributed by atoms with Crippen LogP contribution in [0.3, 0.4) is 0 Å². The van der Waals surface area contributed by atoms with Crippen LogP contribution in [0, 0.1) is 6.92 Å². The Labute approximate surface area is 121 Å². The largest absolute Gasteiger partial charge is 0.454 e. The van der Waals surface area contributed by atoms with Gasteiger partial charge in [-0.1, -0.05) is 6.07 Å². The third-order valence-electron chi connectivity index (χ3n) is 2.90. The minimum Gasteiger partial charge on any atom is -0.454 e. The number of pyridine rings is 1. The third kappa shape index (κ3) is 3.00. The molecule has 1 aliphatic heterocycles. The van der Waals surface area contributed by atoms with E-state index in [4.69, 9.17) is 9.47 Å². The van der Waals surface area contributed by atoms with E-state index in [2.05, 4.69) is 15.5 Å². The fourth-order valence-corrected chi connectivity index (χ4v) is 1.89. The fourth-order valence-electron chi connectivity index (χ4n) is 1.89. The molecule has 6 heteroatoms. The van der Waals surface area contributed by atoms with E-state index in [0.717, 1.165) is 11.3 Å². The van der Waals surface area contributed by atoms with Crippen LogP contribution in [0.15, 0.2) is 41.5 Å². The number of hydrazone groups is 1. The lowest BCUT2D eigenvalue weighted by molar-refractivity contribution is 0.0950. The van der Waals surface area contributed by atoms with Crippen LogP contribution in [0.5, 0.6) is 11.5 Å². The molecule has 0 unspecified atom stereocenters. The highest BCUT2D eigenvalue weighted by Crippen LogP contribution is 2.31. The van der Waals surface area contributed by atoms with Crippen molar-refractivity contribution in [3.8, 4) is 11.5 Å². The normalized spacial score (nSPS) is 12.6. The van der Waals surface area contributed by atoms with Crippen molar-refractivity contribution in [2.24, 2.45) is 5.10 Å². The van der Waals surface area contributed by atoms with Gasteiger partial charge < -0.3 is 9.47 Å². The summed E-state index contributed by atoms with van der Waals surface area (Å²) in [4.78, 5) is 16.0. The Kier molecular flexibility index (Phi) is 3.51. The fraction of sp³-hybridized carbons (Fsp3) is 0.133. The molecule has 2 aromatic rings. The van der Waals surface area contributed by atoms with Gasteiger partial charge in [-0.05, 0) is 42.8 Å². The highest BCUT2D eigenvalue weighted by Gasteiger charge is 2.12. The molecule has 0 radical (unpaired) electrons. The monoisotopic (exact) mass is 283 g/mol. The zero-order valence-corrected chi connectivity index (χ0v) is 11.4. The van der Waals surface area contributed by atoms with Crippen molar-refractivity contribution >= 4 is 12.1 Å². The molecule has 0 saturated carbocycles. The molecule has 0 fully saturated rings. The summed E-state index contributed by atoms with van der Waals surface area (Å²) in [6.07, 6.45) is 1.54. The highest BCUT2D eigenvalue weighted by atomic mass is 16.7. The topological polar surface area (TPSA) is 72.8 Å². The second-order valence-corrected chi connectivity index (χ2v) is 4.48. The number of carbonyl (C=O) groups is 1. The Balaban J connectivity index is 1.65. The first-order valence-corrected chi connectivity index (χ1v) is 6.39. The molecule has 2 heterocycles. The first-order valence-electron chi connectivity index (χ1n) is 6.39. The van der Waals surface area contributed by atoms with Gasteiger partial charge in [0.25, 0.3) is 5.91 Å². The van der Waals surface area contributed by atoms with Crippen LogP contribution < -0.4 is 14.9 Å². The second kappa shape index (κ2) is 5.62. The molecule has 1 amide bonds. The van der Waals surface area contributed by atoms with E-state index >= 15 is 0 Å². The number of aromatic nitrogens is 1. The summed E-state index contributed by atoms with van der Waals surface area (Å²) in [5.41, 5.74) is 4.35. The van der Waals surface area contributed by atoms with Crippen molar-refractivity contribution in [2.75, 3.05) is 6.79 Å². The number of hydrogen-bond acceptors (Lipinski definition) is 5. The number of benzene rings is 1. The van der Waals surface area contributed by atoms with Gasteiger partial charge in [0.2, 0.25) is 6.79 Å². The van der Waals surface area contributed by atoms with E-state index in [-0.39, 0.29) is 12.7 Å². The standard InChI is InChI=1S/C15H13N3O3/c1-10-3-2-4-12(17-10)15(19)18-16-8-11-5-6-13-14(7-11)21-9-20-13/h2-8H,9H2,1H3,(H,18,19)/b16-8+. The lowest BCUT2D eigenvalue weighted by Crippen LogP contribution is -2.19. The molecular formula is C15H13N3O3. The van der Waals surface area contributed by atoms with Gasteiger partial charge in [0.1, 0.15) is 5.69 Å². The molecule has 0 bridgehead atoms. The van der Waals surface area contributed by atoms with Crippen molar-refractivity contribution < 1.29 is 14.3 Å². The van der Waals surface area contributed by atoms with Gasteiger partial charge in [-0.3, -0.25) is 4.79 Å². The van der Waals surface area contributed by atoms with E-state index in [1.165, 1.54) is 6.21 Å². The van der Waals surface area contributed by atoms with E-state index in [0.29, 0.717) is 17.2 Å². The van der Waals surface area contributed by atoms with Crippen LogP contribution in [-0.2, 0) is 0 Å². The Morgan fingerprint density at radius 1 is 1.29 bits per heavy atom. The summed E-state index contributed by atoms with van der Waals surface area (Å²) in [5, 5.41) is 3.91. The number of ether oxygens (including phenoxy) is 2. The number of hydrogen-bond donors (Lipinski definition) is 1. The lowest BCUT2D eigenvalue weighted by Gasteiger charge is -2.00. The highest BCUT2D eigenvalue weighted by molar-refractivity contribution is 5.93. The predicted molar refractivity (Wildman–Crippen MR) is 76.6 cm³/mol. The van der Waals surface area contributed by atoms with Gasteiger partial charge in [-0.15, -0.1) is 0 Å². The average molecular weight is 283 g/mol. The maximum atomic E-state index is 11.8. The van der Waals surface area contributed by atoms with Crippen molar-refractivity contribution in [2.45, 2.75) is 6.92 Å². The van der Waals surface area contributed by atoms with Crippen LogP contribution in [-0.4, -0.2) is 23.9 Å². The summed E-state index contributed by atoms with van der Waals surface area (Å²) in [7, 11) is 0. The van der Waals surface area contributed by atoms with Crippen LogP contribution >= 0.6 is 0 Å². The molecule has 106 valence electrons. The van der Waals surface area contributed by atoms with Crippen LogP contribution in [0.2, 0.25) is 0 Å². The molecular weight excluding hydrogens is 270 g/mol. The SMILES string of the molecule is Cc1cccc(C(=O)N/N=C/c2ccc3c(c2)OCO3)n1. The summed E-state index contributed by atoms with van der Waals surface area (Å²) in [5.74, 6) is 1.03. The summed E-state index contributed by atoms with van der Waals surface area (Å²) >= 11 is 0. The first kappa shape index (κ1) is 13.1. The van der Waals surface area contributed by atoms with Gasteiger partial charge >= 0.3 is 0 Å². The van der Waals surface area contributed by atoms with Crippen molar-refractivity contribution in [1.82, 2.24) is 10.4 Å². The molecule has 0 spiro atoms. The number of carbonyl (C=O) groups excluding carboxylic acids is 1. The van der Waals surface area contributed by atoms with E-state index in [1.807, 2.05) is 19.1 Å². The molecule has 6 nitrogen and oxygen atoms in total. The number of fused-ring (bicyclic) bond motifs is 1. The van der Waals surface area contributed by atoms with Crippen molar-refractivity contribution in [1.29, 1.82) is 0 Å². The Morgan fingerprint density at radius 2 is 2.14 bits per heavy atom. The van der Waals surface area contributed by atoms with Crippen molar-refractivity contribution in [3.63, 3.8) is 0 Å². The molecule has 1 N–H and O–H groups in total. The Hall–Kier alpha value is -2.89. The molecule has 0 atom stereocenters. The smallest absolute Gasteiger partial charge is 0.289 e. The summed E-state index contributed by atoms with van der Waals surface area (Å²) < 4.78 is 10.5.